The first-order valence-corrected chi connectivity index (χ1v) is 8.10. The number of carbonyl (C=O) groups is 1. The number of hydrogen-bond donors (Lipinski definition) is 0. The van der Waals surface area contributed by atoms with E-state index in [4.69, 9.17) is 25.5 Å². The number of rotatable bonds is 6. The van der Waals surface area contributed by atoms with Crippen molar-refractivity contribution in [2.75, 3.05) is 13.2 Å². The van der Waals surface area contributed by atoms with Gasteiger partial charge in [-0.15, -0.1) is 0 Å². The number of esters is 1. The zero-order chi connectivity index (χ0) is 17.6. The van der Waals surface area contributed by atoms with Crippen LogP contribution in [-0.4, -0.2) is 24.2 Å². The number of benzene rings is 2. The van der Waals surface area contributed by atoms with E-state index in [1.54, 1.807) is 19.1 Å². The topological polar surface area (TPSA) is 61.6 Å². The molecule has 0 saturated heterocycles. The second-order valence-corrected chi connectivity index (χ2v) is 5.61. The fraction of sp³-hybridized carbons (Fsp3) is 0.158. The molecule has 1 aromatic heterocycles. The van der Waals surface area contributed by atoms with E-state index < -0.39 is 5.97 Å². The maximum Gasteiger partial charge on any atom is 0.360 e. The monoisotopic (exact) mass is 357 g/mol. The molecule has 0 atom stereocenters. The molecule has 1 heterocycles. The molecule has 0 amide bonds. The number of hydrogen-bond acceptors (Lipinski definition) is 5. The van der Waals surface area contributed by atoms with Gasteiger partial charge in [0.05, 0.1) is 5.02 Å². The Bertz CT molecular complexity index is 861. The first-order chi connectivity index (χ1) is 12.1. The van der Waals surface area contributed by atoms with Crippen molar-refractivity contribution < 1.29 is 18.7 Å². The molecule has 0 aliphatic heterocycles. The smallest absolute Gasteiger partial charge is 0.360 e. The molecule has 3 rings (SSSR count). The molecule has 0 aliphatic rings. The van der Waals surface area contributed by atoms with E-state index in [0.29, 0.717) is 22.4 Å². The van der Waals surface area contributed by atoms with Gasteiger partial charge in [-0.2, -0.15) is 0 Å². The molecule has 0 spiro atoms. The molecular weight excluding hydrogens is 342 g/mol. The third kappa shape index (κ3) is 4.19. The number of nitrogens with zero attached hydrogens (tertiary/aromatic N) is 1. The number of oxazole rings is 1. The van der Waals surface area contributed by atoms with E-state index in [9.17, 15) is 4.79 Å². The molecule has 0 bridgehead atoms. The van der Waals surface area contributed by atoms with Crippen molar-refractivity contribution in [2.24, 2.45) is 0 Å². The largest absolute Gasteiger partial charge is 0.488 e. The van der Waals surface area contributed by atoms with Crippen LogP contribution in [0.15, 0.2) is 59.0 Å². The Morgan fingerprint density at radius 2 is 1.80 bits per heavy atom. The molecule has 0 saturated carbocycles. The molecule has 3 aromatic rings. The minimum atomic E-state index is -0.550. The van der Waals surface area contributed by atoms with E-state index in [1.165, 1.54) is 0 Å². The number of aryl methyl sites for hydroxylation is 1. The number of ether oxygens (including phenoxy) is 2. The van der Waals surface area contributed by atoms with Gasteiger partial charge in [0.15, 0.2) is 5.69 Å². The summed E-state index contributed by atoms with van der Waals surface area (Å²) in [5, 5.41) is 0.508. The fourth-order valence-corrected chi connectivity index (χ4v) is 2.40. The van der Waals surface area contributed by atoms with E-state index in [1.807, 2.05) is 42.5 Å². The molecule has 0 N–H and O–H groups in total. The molecule has 5 nitrogen and oxygen atoms in total. The molecule has 6 heteroatoms. The third-order valence-electron chi connectivity index (χ3n) is 3.42. The Hall–Kier alpha value is -2.79. The second kappa shape index (κ2) is 7.85. The Labute approximate surface area is 150 Å². The van der Waals surface area contributed by atoms with Gasteiger partial charge in [-0.1, -0.05) is 41.9 Å². The van der Waals surface area contributed by atoms with Crippen molar-refractivity contribution >= 4 is 17.6 Å². The molecule has 128 valence electrons. The minimum absolute atomic E-state index is 0.0804. The van der Waals surface area contributed by atoms with Gasteiger partial charge >= 0.3 is 5.97 Å². The summed E-state index contributed by atoms with van der Waals surface area (Å²) < 4.78 is 16.2. The van der Waals surface area contributed by atoms with Gasteiger partial charge in [0.1, 0.15) is 24.7 Å². The summed E-state index contributed by atoms with van der Waals surface area (Å²) in [6.07, 6.45) is 0. The van der Waals surface area contributed by atoms with E-state index in [-0.39, 0.29) is 18.9 Å². The van der Waals surface area contributed by atoms with Gasteiger partial charge in [-0.05, 0) is 31.2 Å². The Morgan fingerprint density at radius 3 is 2.56 bits per heavy atom. The first-order valence-electron chi connectivity index (χ1n) is 7.72. The average Bonchev–Trinajstić information content (AvgIpc) is 3.02. The number of para-hydroxylation sites is 1. The van der Waals surface area contributed by atoms with Crippen molar-refractivity contribution in [3.63, 3.8) is 0 Å². The van der Waals surface area contributed by atoms with E-state index in [0.717, 1.165) is 5.56 Å². The van der Waals surface area contributed by atoms with Crippen molar-refractivity contribution in [2.45, 2.75) is 6.92 Å². The van der Waals surface area contributed by atoms with Crippen molar-refractivity contribution in [1.82, 2.24) is 4.98 Å². The fourth-order valence-electron chi connectivity index (χ4n) is 2.21. The maximum absolute atomic E-state index is 12.2. The SMILES string of the molecule is Cc1oc(-c2ccccc2)nc1C(=O)OCCOc1ccccc1Cl. The molecule has 25 heavy (non-hydrogen) atoms. The molecule has 0 fully saturated rings. The lowest BCUT2D eigenvalue weighted by atomic mass is 10.2. The zero-order valence-electron chi connectivity index (χ0n) is 13.6. The lowest BCUT2D eigenvalue weighted by molar-refractivity contribution is 0.0442. The predicted octanol–water partition coefficient (Wildman–Crippen LogP) is 4.54. The second-order valence-electron chi connectivity index (χ2n) is 5.20. The Balaban J connectivity index is 1.57. The summed E-state index contributed by atoms with van der Waals surface area (Å²) in [6.45, 7) is 1.95. The van der Waals surface area contributed by atoms with Crippen LogP contribution in [-0.2, 0) is 4.74 Å². The molecule has 2 aromatic carbocycles. The number of halogens is 1. The van der Waals surface area contributed by atoms with E-state index >= 15 is 0 Å². The Kier molecular flexibility index (Phi) is 5.36. The minimum Gasteiger partial charge on any atom is -0.488 e. The molecule has 0 radical (unpaired) electrons. The van der Waals surface area contributed by atoms with Crippen molar-refractivity contribution in [3.8, 4) is 17.2 Å². The van der Waals surface area contributed by atoms with Crippen molar-refractivity contribution in [1.29, 1.82) is 0 Å². The lowest BCUT2D eigenvalue weighted by Crippen LogP contribution is -2.13. The number of carbonyl (C=O) groups excluding carboxylic acids is 1. The van der Waals surface area contributed by atoms with E-state index in [2.05, 4.69) is 4.98 Å². The average molecular weight is 358 g/mol. The maximum atomic E-state index is 12.2. The molecule has 0 unspecified atom stereocenters. The van der Waals surface area contributed by atoms with Crippen LogP contribution in [0, 0.1) is 6.92 Å². The first kappa shape index (κ1) is 17.0. The molecular formula is C19H16ClNO4. The van der Waals surface area contributed by atoms with Crippen LogP contribution in [0.25, 0.3) is 11.5 Å². The highest BCUT2D eigenvalue weighted by Crippen LogP contribution is 2.23. The van der Waals surface area contributed by atoms with Crippen LogP contribution in [0.5, 0.6) is 5.75 Å². The zero-order valence-corrected chi connectivity index (χ0v) is 14.3. The quantitative estimate of drug-likeness (QED) is 0.478. The standard InChI is InChI=1S/C19H16ClNO4/c1-13-17(21-18(25-13)14-7-3-2-4-8-14)19(22)24-12-11-23-16-10-6-5-9-15(16)20/h2-10H,11-12H2,1H3. The highest BCUT2D eigenvalue weighted by atomic mass is 35.5. The van der Waals surface area contributed by atoms with Gasteiger partial charge in [-0.25, -0.2) is 9.78 Å². The summed E-state index contributed by atoms with van der Waals surface area (Å²) in [7, 11) is 0. The van der Waals surface area contributed by atoms with Crippen LogP contribution >= 0.6 is 11.6 Å². The molecule has 0 aliphatic carbocycles. The van der Waals surface area contributed by atoms with Crippen molar-refractivity contribution in [3.05, 3.63) is 71.1 Å². The normalized spacial score (nSPS) is 10.5. The summed E-state index contributed by atoms with van der Waals surface area (Å²) in [5.74, 6) is 0.795. The van der Waals surface area contributed by atoms with Crippen LogP contribution in [0.2, 0.25) is 5.02 Å². The van der Waals surface area contributed by atoms with Crippen LogP contribution in [0.3, 0.4) is 0 Å². The van der Waals surface area contributed by atoms with Crippen LogP contribution in [0.1, 0.15) is 16.2 Å². The third-order valence-corrected chi connectivity index (χ3v) is 3.73. The predicted molar refractivity (Wildman–Crippen MR) is 93.9 cm³/mol. The Morgan fingerprint density at radius 1 is 1.08 bits per heavy atom. The highest BCUT2D eigenvalue weighted by Gasteiger charge is 2.19. The van der Waals surface area contributed by atoms with Gasteiger partial charge < -0.3 is 13.9 Å². The van der Waals surface area contributed by atoms with Gasteiger partial charge in [0.25, 0.3) is 0 Å². The van der Waals surface area contributed by atoms with Gasteiger partial charge in [0, 0.05) is 5.56 Å². The summed E-state index contributed by atoms with van der Waals surface area (Å²) in [6, 6.07) is 16.5. The lowest BCUT2D eigenvalue weighted by Gasteiger charge is -2.07. The summed E-state index contributed by atoms with van der Waals surface area (Å²) in [4.78, 5) is 16.4. The summed E-state index contributed by atoms with van der Waals surface area (Å²) >= 11 is 5.99. The van der Waals surface area contributed by atoms with Gasteiger partial charge in [-0.3, -0.25) is 0 Å². The van der Waals surface area contributed by atoms with Crippen LogP contribution < -0.4 is 4.74 Å². The number of aromatic nitrogens is 1. The van der Waals surface area contributed by atoms with Gasteiger partial charge in [0.2, 0.25) is 5.89 Å². The summed E-state index contributed by atoms with van der Waals surface area (Å²) in [5.41, 5.74) is 0.961. The highest BCUT2D eigenvalue weighted by molar-refractivity contribution is 6.32. The van der Waals surface area contributed by atoms with Crippen LogP contribution in [0.4, 0.5) is 0 Å².